The molecule has 4 unspecified atom stereocenters. The number of aliphatic hydroxyl groups is 1. The first kappa shape index (κ1) is 23.0. The summed E-state index contributed by atoms with van der Waals surface area (Å²) in [4.78, 5) is 46.8. The molecule has 0 saturated carbocycles. The highest BCUT2D eigenvalue weighted by Crippen LogP contribution is 2.14. The van der Waals surface area contributed by atoms with Crippen LogP contribution in [0.15, 0.2) is 0 Å². The fraction of sp³-hybridized carbons (Fsp3) is 0.765. The maximum Gasteiger partial charge on any atom is 0.245 e. The molecule has 3 amide bonds. The van der Waals surface area contributed by atoms with Crippen LogP contribution < -0.4 is 16.4 Å². The Balaban J connectivity index is 5.08. The van der Waals surface area contributed by atoms with Gasteiger partial charge in [-0.25, -0.2) is 0 Å². The van der Waals surface area contributed by atoms with Gasteiger partial charge in [-0.1, -0.05) is 27.2 Å². The number of hydrogen-bond acceptors (Lipinski definition) is 5. The topological polar surface area (TPSA) is 139 Å². The predicted molar refractivity (Wildman–Crippen MR) is 93.3 cm³/mol. The number of nitrogens with one attached hydrogen (secondary N) is 2. The van der Waals surface area contributed by atoms with Gasteiger partial charge < -0.3 is 26.3 Å². The van der Waals surface area contributed by atoms with Gasteiger partial charge in [-0.15, -0.1) is 0 Å². The van der Waals surface area contributed by atoms with E-state index in [4.69, 9.17) is 5.73 Å². The lowest BCUT2D eigenvalue weighted by atomic mass is 9.96. The highest BCUT2D eigenvalue weighted by Gasteiger charge is 2.31. The zero-order chi connectivity index (χ0) is 19.6. The first-order valence-electron chi connectivity index (χ1n) is 8.67. The molecule has 8 nitrogen and oxygen atoms in total. The third-order valence-corrected chi connectivity index (χ3v) is 3.97. The summed E-state index contributed by atoms with van der Waals surface area (Å²) in [6.45, 7) is 6.74. The molecule has 0 aromatic heterocycles. The van der Waals surface area contributed by atoms with E-state index in [1.165, 1.54) is 6.92 Å². The fourth-order valence-corrected chi connectivity index (χ4v) is 2.51. The first-order chi connectivity index (χ1) is 11.6. The predicted octanol–water partition coefficient (Wildman–Crippen LogP) is -0.126. The van der Waals surface area contributed by atoms with Gasteiger partial charge in [0, 0.05) is 12.3 Å². The van der Waals surface area contributed by atoms with Gasteiger partial charge in [0.25, 0.3) is 0 Å². The lowest BCUT2D eigenvalue weighted by Crippen LogP contribution is -2.58. The minimum atomic E-state index is -1.20. The van der Waals surface area contributed by atoms with Crippen LogP contribution in [-0.2, 0) is 19.2 Å². The average Bonchev–Trinajstić information content (AvgIpc) is 2.52. The van der Waals surface area contributed by atoms with Crippen molar-refractivity contribution in [1.29, 1.82) is 0 Å². The van der Waals surface area contributed by atoms with Gasteiger partial charge in [-0.3, -0.25) is 14.4 Å². The molecule has 8 heteroatoms. The molecule has 0 saturated heterocycles. The molecular weight excluding hydrogens is 326 g/mol. The van der Waals surface area contributed by atoms with E-state index in [2.05, 4.69) is 10.6 Å². The monoisotopic (exact) mass is 357 g/mol. The SMILES string of the molecule is CCCC(CCC=O)C(=O)NC(C(=O)NC(C(N)=O)C(C)C)C(C)O. The molecule has 0 rings (SSSR count). The molecule has 0 aromatic rings. The van der Waals surface area contributed by atoms with Crippen molar-refractivity contribution in [2.75, 3.05) is 0 Å². The van der Waals surface area contributed by atoms with Crippen LogP contribution >= 0.6 is 0 Å². The van der Waals surface area contributed by atoms with Crippen molar-refractivity contribution in [3.8, 4) is 0 Å². The van der Waals surface area contributed by atoms with Crippen LogP contribution in [0, 0.1) is 11.8 Å². The third-order valence-electron chi connectivity index (χ3n) is 3.97. The van der Waals surface area contributed by atoms with E-state index in [0.29, 0.717) is 12.8 Å². The Bertz CT molecular complexity index is 465. The Morgan fingerprint density at radius 2 is 1.60 bits per heavy atom. The van der Waals surface area contributed by atoms with Gasteiger partial charge in [0.1, 0.15) is 18.4 Å². The molecule has 0 aromatic carbocycles. The molecule has 0 spiro atoms. The molecule has 25 heavy (non-hydrogen) atoms. The summed E-state index contributed by atoms with van der Waals surface area (Å²) in [6, 6.07) is -2.10. The number of rotatable bonds is 12. The van der Waals surface area contributed by atoms with Gasteiger partial charge in [-0.05, 0) is 25.7 Å². The standard InChI is InChI=1S/C17H31N3O5/c1-5-7-12(8-6-9-21)16(24)20-14(11(4)22)17(25)19-13(10(2)3)15(18)23/h9-14,22H,5-8H2,1-4H3,(H2,18,23)(H,19,25)(H,20,24). The summed E-state index contributed by atoms with van der Waals surface area (Å²) in [6.07, 6.45) is 1.55. The Kier molecular flexibility index (Phi) is 10.7. The number of nitrogens with two attached hydrogens (primary N) is 1. The number of aliphatic hydroxyl groups excluding tert-OH is 1. The van der Waals surface area contributed by atoms with Crippen molar-refractivity contribution in [2.45, 2.75) is 71.6 Å². The van der Waals surface area contributed by atoms with Crippen molar-refractivity contribution < 1.29 is 24.3 Å². The van der Waals surface area contributed by atoms with Gasteiger partial charge in [0.05, 0.1) is 6.10 Å². The second-order valence-corrected chi connectivity index (χ2v) is 6.59. The average molecular weight is 357 g/mol. The number of amides is 3. The normalized spacial score (nSPS) is 15.8. The van der Waals surface area contributed by atoms with Gasteiger partial charge in [-0.2, -0.15) is 0 Å². The molecular formula is C17H31N3O5. The van der Waals surface area contributed by atoms with E-state index in [1.54, 1.807) is 13.8 Å². The second kappa shape index (κ2) is 11.6. The highest BCUT2D eigenvalue weighted by atomic mass is 16.3. The van der Waals surface area contributed by atoms with Crippen molar-refractivity contribution in [1.82, 2.24) is 10.6 Å². The van der Waals surface area contributed by atoms with E-state index in [1.807, 2.05) is 6.92 Å². The largest absolute Gasteiger partial charge is 0.391 e. The smallest absolute Gasteiger partial charge is 0.245 e. The number of primary amides is 1. The van der Waals surface area contributed by atoms with Crippen molar-refractivity contribution in [3.05, 3.63) is 0 Å². The van der Waals surface area contributed by atoms with Crippen LogP contribution in [0.5, 0.6) is 0 Å². The van der Waals surface area contributed by atoms with Gasteiger partial charge >= 0.3 is 0 Å². The van der Waals surface area contributed by atoms with Crippen LogP contribution in [0.1, 0.15) is 53.4 Å². The van der Waals surface area contributed by atoms with Crippen LogP contribution in [0.2, 0.25) is 0 Å². The summed E-state index contributed by atoms with van der Waals surface area (Å²) in [5, 5.41) is 14.9. The van der Waals surface area contributed by atoms with E-state index < -0.39 is 41.8 Å². The summed E-state index contributed by atoms with van der Waals surface area (Å²) in [5.41, 5.74) is 5.27. The number of carbonyl (C=O) groups excluding carboxylic acids is 4. The lowest BCUT2D eigenvalue weighted by Gasteiger charge is -2.26. The Labute approximate surface area is 148 Å². The third kappa shape index (κ3) is 8.11. The Hall–Kier alpha value is -1.96. The molecule has 0 heterocycles. The second-order valence-electron chi connectivity index (χ2n) is 6.59. The molecule has 0 radical (unpaired) electrons. The molecule has 5 N–H and O–H groups in total. The van der Waals surface area contributed by atoms with Crippen LogP contribution in [-0.4, -0.2) is 47.3 Å². The maximum absolute atomic E-state index is 12.4. The molecule has 4 atom stereocenters. The van der Waals surface area contributed by atoms with Crippen molar-refractivity contribution in [2.24, 2.45) is 17.6 Å². The summed E-state index contributed by atoms with van der Waals surface area (Å²) in [5.74, 6) is -2.40. The molecule has 0 fully saturated rings. The van der Waals surface area contributed by atoms with Crippen molar-refractivity contribution >= 4 is 24.0 Å². The number of hydrogen-bond donors (Lipinski definition) is 4. The van der Waals surface area contributed by atoms with E-state index in [-0.39, 0.29) is 12.3 Å². The summed E-state index contributed by atoms with van der Waals surface area (Å²) < 4.78 is 0. The molecule has 0 aliphatic rings. The lowest BCUT2D eigenvalue weighted by molar-refractivity contribution is -0.135. The van der Waals surface area contributed by atoms with E-state index >= 15 is 0 Å². The van der Waals surface area contributed by atoms with Crippen LogP contribution in [0.25, 0.3) is 0 Å². The molecule has 0 bridgehead atoms. The Morgan fingerprint density at radius 3 is 2.00 bits per heavy atom. The Morgan fingerprint density at radius 1 is 1.04 bits per heavy atom. The first-order valence-corrected chi connectivity index (χ1v) is 8.67. The maximum atomic E-state index is 12.4. The van der Waals surface area contributed by atoms with Crippen molar-refractivity contribution in [3.63, 3.8) is 0 Å². The number of aldehydes is 1. The highest BCUT2D eigenvalue weighted by molar-refractivity contribution is 5.92. The minimum Gasteiger partial charge on any atom is -0.391 e. The fourth-order valence-electron chi connectivity index (χ4n) is 2.51. The zero-order valence-electron chi connectivity index (χ0n) is 15.5. The summed E-state index contributed by atoms with van der Waals surface area (Å²) >= 11 is 0. The molecule has 0 aliphatic carbocycles. The van der Waals surface area contributed by atoms with Crippen LogP contribution in [0.3, 0.4) is 0 Å². The number of carbonyl (C=O) groups is 4. The minimum absolute atomic E-state index is 0.229. The quantitative estimate of drug-likeness (QED) is 0.360. The summed E-state index contributed by atoms with van der Waals surface area (Å²) in [7, 11) is 0. The zero-order valence-corrected chi connectivity index (χ0v) is 15.5. The van der Waals surface area contributed by atoms with Crippen LogP contribution in [0.4, 0.5) is 0 Å². The van der Waals surface area contributed by atoms with E-state index in [0.717, 1.165) is 12.7 Å². The molecule has 144 valence electrons. The van der Waals surface area contributed by atoms with E-state index in [9.17, 15) is 24.3 Å². The van der Waals surface area contributed by atoms with Gasteiger partial charge in [0.2, 0.25) is 17.7 Å². The molecule has 0 aliphatic heterocycles. The van der Waals surface area contributed by atoms with Gasteiger partial charge in [0.15, 0.2) is 0 Å².